The van der Waals surface area contributed by atoms with Crippen molar-refractivity contribution in [3.63, 3.8) is 0 Å². The van der Waals surface area contributed by atoms with Gasteiger partial charge in [0.25, 0.3) is 0 Å². The molecular weight excluding hydrogens is 210 g/mol. The Morgan fingerprint density at radius 2 is 1.65 bits per heavy atom. The van der Waals surface area contributed by atoms with Gasteiger partial charge >= 0.3 is 0 Å². The predicted octanol–water partition coefficient (Wildman–Crippen LogP) is 3.05. The van der Waals surface area contributed by atoms with Gasteiger partial charge < -0.3 is 10.1 Å². The summed E-state index contributed by atoms with van der Waals surface area (Å²) in [5.41, 5.74) is 7.09. The molecule has 0 spiro atoms. The number of benzene rings is 1. The quantitative estimate of drug-likeness (QED) is 0.765. The molecule has 0 bridgehead atoms. The molecule has 96 valence electrons. The van der Waals surface area contributed by atoms with Gasteiger partial charge in [0.15, 0.2) is 0 Å². The van der Waals surface area contributed by atoms with Crippen molar-refractivity contribution in [3.8, 4) is 0 Å². The van der Waals surface area contributed by atoms with E-state index in [-0.39, 0.29) is 0 Å². The Hall–Kier alpha value is -0.860. The molecule has 2 heteroatoms. The molecule has 1 aromatic carbocycles. The van der Waals surface area contributed by atoms with Gasteiger partial charge in [-0.25, -0.2) is 0 Å². The monoisotopic (exact) mass is 235 g/mol. The number of nitrogens with one attached hydrogen (secondary N) is 1. The summed E-state index contributed by atoms with van der Waals surface area (Å²) < 4.78 is 5.04. The van der Waals surface area contributed by atoms with Crippen LogP contribution in [0, 0.1) is 27.7 Å². The molecular formula is C15H25NO. The second-order valence-electron chi connectivity index (χ2n) is 4.76. The first-order valence-corrected chi connectivity index (χ1v) is 6.33. The Bertz CT molecular complexity index is 345. The molecule has 2 nitrogen and oxygen atoms in total. The van der Waals surface area contributed by atoms with E-state index in [1.165, 1.54) is 27.8 Å². The zero-order chi connectivity index (χ0) is 12.8. The van der Waals surface area contributed by atoms with E-state index in [2.05, 4.69) is 39.1 Å². The van der Waals surface area contributed by atoms with Crippen molar-refractivity contribution in [1.82, 2.24) is 5.32 Å². The van der Waals surface area contributed by atoms with Gasteiger partial charge in [-0.15, -0.1) is 0 Å². The number of rotatable bonds is 6. The molecule has 0 fully saturated rings. The lowest BCUT2D eigenvalue weighted by atomic mass is 9.94. The van der Waals surface area contributed by atoms with Gasteiger partial charge in [-0.05, 0) is 68.5 Å². The van der Waals surface area contributed by atoms with Crippen LogP contribution in [0.5, 0.6) is 0 Å². The Morgan fingerprint density at radius 1 is 1.06 bits per heavy atom. The van der Waals surface area contributed by atoms with Gasteiger partial charge in [0, 0.05) is 20.3 Å². The highest BCUT2D eigenvalue weighted by Gasteiger charge is 2.07. The zero-order valence-electron chi connectivity index (χ0n) is 11.8. The lowest BCUT2D eigenvalue weighted by Crippen LogP contribution is -2.18. The first kappa shape index (κ1) is 14.2. The van der Waals surface area contributed by atoms with E-state index < -0.39 is 0 Å². The largest absolute Gasteiger partial charge is 0.385 e. The lowest BCUT2D eigenvalue weighted by Gasteiger charge is -2.15. The van der Waals surface area contributed by atoms with E-state index in [4.69, 9.17) is 4.74 Å². The smallest absolute Gasteiger partial charge is 0.0474 e. The van der Waals surface area contributed by atoms with E-state index >= 15 is 0 Å². The van der Waals surface area contributed by atoms with Crippen LogP contribution in [0.1, 0.15) is 34.2 Å². The normalized spacial score (nSPS) is 10.9. The number of hydrogen-bond donors (Lipinski definition) is 1. The fraction of sp³-hybridized carbons (Fsp3) is 0.600. The lowest BCUT2D eigenvalue weighted by molar-refractivity contribution is 0.194. The van der Waals surface area contributed by atoms with Crippen molar-refractivity contribution in [2.75, 3.05) is 20.3 Å². The van der Waals surface area contributed by atoms with Crippen LogP contribution in [-0.4, -0.2) is 20.3 Å². The Labute approximate surface area is 105 Å². The predicted molar refractivity (Wildman–Crippen MR) is 73.6 cm³/mol. The minimum absolute atomic E-state index is 0.831. The molecule has 0 aliphatic heterocycles. The molecule has 1 rings (SSSR count). The number of aryl methyl sites for hydroxylation is 2. The topological polar surface area (TPSA) is 21.3 Å². The summed E-state index contributed by atoms with van der Waals surface area (Å²) in [6, 6.07) is 2.28. The number of ether oxygens (including phenoxy) is 1. The van der Waals surface area contributed by atoms with Crippen molar-refractivity contribution < 1.29 is 4.74 Å². The molecule has 0 atom stereocenters. The highest BCUT2D eigenvalue weighted by Crippen LogP contribution is 2.21. The van der Waals surface area contributed by atoms with Crippen LogP contribution in [0.25, 0.3) is 0 Å². The maximum Gasteiger partial charge on any atom is 0.0474 e. The molecule has 0 aromatic heterocycles. The van der Waals surface area contributed by atoms with Crippen LogP contribution >= 0.6 is 0 Å². The maximum absolute atomic E-state index is 5.04. The average Bonchev–Trinajstić information content (AvgIpc) is 2.30. The van der Waals surface area contributed by atoms with E-state index in [0.29, 0.717) is 0 Å². The molecule has 0 amide bonds. The third kappa shape index (κ3) is 3.83. The molecule has 0 radical (unpaired) electrons. The Kier molecular flexibility index (Phi) is 5.66. The Balaban J connectivity index is 2.64. The molecule has 0 aliphatic carbocycles. The molecule has 0 heterocycles. The molecule has 17 heavy (non-hydrogen) atoms. The van der Waals surface area contributed by atoms with Gasteiger partial charge in [0.2, 0.25) is 0 Å². The van der Waals surface area contributed by atoms with Gasteiger partial charge in [-0.1, -0.05) is 6.07 Å². The van der Waals surface area contributed by atoms with Gasteiger partial charge in [0.05, 0.1) is 0 Å². The van der Waals surface area contributed by atoms with Crippen LogP contribution < -0.4 is 5.32 Å². The molecule has 0 saturated heterocycles. The Morgan fingerprint density at radius 3 is 2.18 bits per heavy atom. The van der Waals surface area contributed by atoms with Crippen molar-refractivity contribution in [2.45, 2.75) is 40.7 Å². The number of hydrogen-bond acceptors (Lipinski definition) is 2. The van der Waals surface area contributed by atoms with E-state index in [1.54, 1.807) is 7.11 Å². The first-order chi connectivity index (χ1) is 8.07. The van der Waals surface area contributed by atoms with Gasteiger partial charge in [-0.2, -0.15) is 0 Å². The summed E-state index contributed by atoms with van der Waals surface area (Å²) in [5, 5.41) is 3.49. The molecule has 0 aliphatic rings. The van der Waals surface area contributed by atoms with E-state index in [1.807, 2.05) is 0 Å². The summed E-state index contributed by atoms with van der Waals surface area (Å²) >= 11 is 0. The molecule has 0 unspecified atom stereocenters. The fourth-order valence-electron chi connectivity index (χ4n) is 2.12. The first-order valence-electron chi connectivity index (χ1n) is 6.33. The third-order valence-electron chi connectivity index (χ3n) is 3.53. The van der Waals surface area contributed by atoms with Crippen molar-refractivity contribution in [3.05, 3.63) is 33.9 Å². The SMILES string of the molecule is COCCCNCc1c(C)c(C)cc(C)c1C. The summed E-state index contributed by atoms with van der Waals surface area (Å²) in [6.45, 7) is 11.6. The minimum Gasteiger partial charge on any atom is -0.385 e. The highest BCUT2D eigenvalue weighted by molar-refractivity contribution is 5.43. The van der Waals surface area contributed by atoms with Crippen LogP contribution in [-0.2, 0) is 11.3 Å². The van der Waals surface area contributed by atoms with Crippen LogP contribution in [0.4, 0.5) is 0 Å². The summed E-state index contributed by atoms with van der Waals surface area (Å²) in [6.07, 6.45) is 1.07. The zero-order valence-corrected chi connectivity index (χ0v) is 11.8. The van der Waals surface area contributed by atoms with Crippen LogP contribution in [0.15, 0.2) is 6.07 Å². The standard InChI is InChI=1S/C15H25NO/c1-11-9-12(2)14(4)15(13(11)3)10-16-7-6-8-17-5/h9,16H,6-8,10H2,1-5H3. The second-order valence-corrected chi connectivity index (χ2v) is 4.76. The molecule has 1 N–H and O–H groups in total. The molecule has 1 aromatic rings. The van der Waals surface area contributed by atoms with Gasteiger partial charge in [0.1, 0.15) is 0 Å². The van der Waals surface area contributed by atoms with Gasteiger partial charge in [-0.3, -0.25) is 0 Å². The third-order valence-corrected chi connectivity index (χ3v) is 3.53. The number of methoxy groups -OCH3 is 1. The summed E-state index contributed by atoms with van der Waals surface area (Å²) in [7, 11) is 1.75. The van der Waals surface area contributed by atoms with Crippen molar-refractivity contribution in [1.29, 1.82) is 0 Å². The van der Waals surface area contributed by atoms with E-state index in [0.717, 1.165) is 26.1 Å². The average molecular weight is 235 g/mol. The molecule has 0 saturated carbocycles. The summed E-state index contributed by atoms with van der Waals surface area (Å²) in [4.78, 5) is 0. The van der Waals surface area contributed by atoms with Crippen LogP contribution in [0.3, 0.4) is 0 Å². The van der Waals surface area contributed by atoms with E-state index in [9.17, 15) is 0 Å². The van der Waals surface area contributed by atoms with Crippen molar-refractivity contribution in [2.24, 2.45) is 0 Å². The van der Waals surface area contributed by atoms with Crippen LogP contribution in [0.2, 0.25) is 0 Å². The summed E-state index contributed by atoms with van der Waals surface area (Å²) in [5.74, 6) is 0. The minimum atomic E-state index is 0.831. The highest BCUT2D eigenvalue weighted by atomic mass is 16.5. The maximum atomic E-state index is 5.04. The second kappa shape index (κ2) is 6.77. The van der Waals surface area contributed by atoms with Crippen molar-refractivity contribution >= 4 is 0 Å². The fourth-order valence-corrected chi connectivity index (χ4v) is 2.12.